The highest BCUT2D eigenvalue weighted by Crippen LogP contribution is 2.20. The predicted molar refractivity (Wildman–Crippen MR) is 92.8 cm³/mol. The second-order valence-electron chi connectivity index (χ2n) is 6.37. The van der Waals surface area contributed by atoms with E-state index in [1.54, 1.807) is 23.0 Å². The Labute approximate surface area is 147 Å². The Hall–Kier alpha value is -2.12. The third-order valence-electron chi connectivity index (χ3n) is 4.74. The summed E-state index contributed by atoms with van der Waals surface area (Å²) in [4.78, 5) is 28.7. The Morgan fingerprint density at radius 3 is 2.56 bits per heavy atom. The van der Waals surface area contributed by atoms with Gasteiger partial charge < -0.3 is 24.6 Å². The number of ether oxygens (including phenoxy) is 2. The maximum Gasteiger partial charge on any atom is 0.254 e. The van der Waals surface area contributed by atoms with Gasteiger partial charge in [0.25, 0.3) is 11.8 Å². The molecule has 0 aromatic heterocycles. The highest BCUT2D eigenvalue weighted by atomic mass is 16.5. The van der Waals surface area contributed by atoms with E-state index in [0.717, 1.165) is 12.1 Å². The molecule has 0 radical (unpaired) electrons. The van der Waals surface area contributed by atoms with Crippen LogP contribution in [0.25, 0.3) is 0 Å². The summed E-state index contributed by atoms with van der Waals surface area (Å²) in [5.41, 5.74) is 1.61. The van der Waals surface area contributed by atoms with Crippen molar-refractivity contribution in [1.29, 1.82) is 0 Å². The molecule has 2 amide bonds. The quantitative estimate of drug-likeness (QED) is 0.850. The van der Waals surface area contributed by atoms with Crippen molar-refractivity contribution in [3.63, 3.8) is 0 Å². The first-order valence-corrected chi connectivity index (χ1v) is 8.65. The molecule has 3 rings (SSSR count). The Balaban J connectivity index is 1.58. The van der Waals surface area contributed by atoms with Crippen molar-refractivity contribution in [3.8, 4) is 5.75 Å². The predicted octanol–water partition coefficient (Wildman–Crippen LogP) is 0.276. The average Bonchev–Trinajstić information content (AvgIpc) is 2.68. The van der Waals surface area contributed by atoms with E-state index in [4.69, 9.17) is 9.47 Å². The van der Waals surface area contributed by atoms with Gasteiger partial charge in [-0.3, -0.25) is 9.59 Å². The fraction of sp³-hybridized carbons (Fsp3) is 0.556. The van der Waals surface area contributed by atoms with Crippen LogP contribution in [0, 0.1) is 6.92 Å². The van der Waals surface area contributed by atoms with Crippen molar-refractivity contribution in [2.24, 2.45) is 0 Å². The van der Waals surface area contributed by atoms with Gasteiger partial charge in [-0.15, -0.1) is 0 Å². The monoisotopic (exact) mass is 347 g/mol. The van der Waals surface area contributed by atoms with Crippen molar-refractivity contribution in [2.45, 2.75) is 13.0 Å². The van der Waals surface area contributed by atoms with E-state index >= 15 is 0 Å². The second-order valence-corrected chi connectivity index (χ2v) is 6.37. The van der Waals surface area contributed by atoms with Crippen molar-refractivity contribution in [3.05, 3.63) is 29.3 Å². The van der Waals surface area contributed by atoms with E-state index in [-0.39, 0.29) is 11.8 Å². The topological polar surface area (TPSA) is 71.1 Å². The summed E-state index contributed by atoms with van der Waals surface area (Å²) in [6.07, 6.45) is -0.405. The van der Waals surface area contributed by atoms with Gasteiger partial charge in [0, 0.05) is 44.8 Å². The van der Waals surface area contributed by atoms with Crippen LogP contribution in [0.2, 0.25) is 0 Å². The van der Waals surface area contributed by atoms with Crippen LogP contribution >= 0.6 is 0 Å². The van der Waals surface area contributed by atoms with Gasteiger partial charge in [0.1, 0.15) is 11.9 Å². The third-order valence-corrected chi connectivity index (χ3v) is 4.74. The molecule has 1 N–H and O–H groups in total. The maximum atomic E-state index is 12.7. The smallest absolute Gasteiger partial charge is 0.254 e. The highest BCUT2D eigenvalue weighted by molar-refractivity contribution is 5.95. The van der Waals surface area contributed by atoms with Crippen LogP contribution in [-0.2, 0) is 9.53 Å². The average molecular weight is 347 g/mol. The van der Waals surface area contributed by atoms with Gasteiger partial charge in [0.15, 0.2) is 0 Å². The van der Waals surface area contributed by atoms with Crippen molar-refractivity contribution < 1.29 is 19.1 Å². The van der Waals surface area contributed by atoms with E-state index in [0.29, 0.717) is 50.6 Å². The van der Waals surface area contributed by atoms with E-state index in [9.17, 15) is 9.59 Å². The summed E-state index contributed by atoms with van der Waals surface area (Å²) in [6.45, 7) is 5.97. The number of rotatable bonds is 3. The van der Waals surface area contributed by atoms with Crippen LogP contribution in [0.5, 0.6) is 5.75 Å². The SMILES string of the molecule is COc1cc(C(=O)N2CCN(C(=O)C3CNCCO3)CC2)ccc1C. The van der Waals surface area contributed by atoms with Gasteiger partial charge in [0.2, 0.25) is 0 Å². The van der Waals surface area contributed by atoms with E-state index in [2.05, 4.69) is 5.32 Å². The highest BCUT2D eigenvalue weighted by Gasteiger charge is 2.30. The van der Waals surface area contributed by atoms with E-state index in [1.165, 1.54) is 0 Å². The first kappa shape index (κ1) is 17.7. The molecule has 2 fully saturated rings. The molecular formula is C18H25N3O4. The standard InChI is InChI=1S/C18H25N3O4/c1-13-3-4-14(11-15(13)24-2)17(22)20-6-8-21(9-7-20)18(23)16-12-19-5-10-25-16/h3-4,11,16,19H,5-10,12H2,1-2H3. The Morgan fingerprint density at radius 1 is 1.20 bits per heavy atom. The fourth-order valence-electron chi connectivity index (χ4n) is 3.19. The summed E-state index contributed by atoms with van der Waals surface area (Å²) in [5, 5.41) is 3.17. The zero-order valence-corrected chi connectivity index (χ0v) is 14.8. The van der Waals surface area contributed by atoms with Crippen molar-refractivity contribution in [1.82, 2.24) is 15.1 Å². The van der Waals surface area contributed by atoms with Gasteiger partial charge in [-0.05, 0) is 24.6 Å². The van der Waals surface area contributed by atoms with Gasteiger partial charge in [-0.1, -0.05) is 6.07 Å². The van der Waals surface area contributed by atoms with Gasteiger partial charge >= 0.3 is 0 Å². The Bertz CT molecular complexity index is 635. The lowest BCUT2D eigenvalue weighted by atomic mass is 10.1. The minimum Gasteiger partial charge on any atom is -0.496 e. The number of aryl methyl sites for hydroxylation is 1. The zero-order valence-electron chi connectivity index (χ0n) is 14.8. The number of methoxy groups -OCH3 is 1. The molecule has 2 saturated heterocycles. The summed E-state index contributed by atoms with van der Waals surface area (Å²) in [7, 11) is 1.60. The van der Waals surface area contributed by atoms with Gasteiger partial charge in [-0.2, -0.15) is 0 Å². The van der Waals surface area contributed by atoms with Gasteiger partial charge in [0.05, 0.1) is 13.7 Å². The van der Waals surface area contributed by atoms with Crippen LogP contribution in [0.4, 0.5) is 0 Å². The Kier molecular flexibility index (Phi) is 5.55. The molecule has 136 valence electrons. The number of piperazine rings is 1. The van der Waals surface area contributed by atoms with Crippen LogP contribution < -0.4 is 10.1 Å². The molecule has 0 aliphatic carbocycles. The number of carbonyl (C=O) groups excluding carboxylic acids is 2. The number of carbonyl (C=O) groups is 2. The molecule has 2 aliphatic rings. The molecular weight excluding hydrogens is 322 g/mol. The third kappa shape index (κ3) is 3.93. The molecule has 7 nitrogen and oxygen atoms in total. The maximum absolute atomic E-state index is 12.7. The number of nitrogens with zero attached hydrogens (tertiary/aromatic N) is 2. The lowest BCUT2D eigenvalue weighted by Crippen LogP contribution is -2.56. The van der Waals surface area contributed by atoms with Crippen LogP contribution in [0.3, 0.4) is 0 Å². The minimum absolute atomic E-state index is 0.0105. The molecule has 1 aromatic carbocycles. The number of benzene rings is 1. The largest absolute Gasteiger partial charge is 0.496 e. The molecule has 1 unspecified atom stereocenters. The lowest BCUT2D eigenvalue weighted by molar-refractivity contribution is -0.146. The van der Waals surface area contributed by atoms with E-state index < -0.39 is 6.10 Å². The summed E-state index contributed by atoms with van der Waals surface area (Å²) >= 11 is 0. The summed E-state index contributed by atoms with van der Waals surface area (Å²) < 4.78 is 10.8. The number of amides is 2. The molecule has 1 aromatic rings. The van der Waals surface area contributed by atoms with Crippen LogP contribution in [0.15, 0.2) is 18.2 Å². The Morgan fingerprint density at radius 2 is 1.92 bits per heavy atom. The van der Waals surface area contributed by atoms with Crippen molar-refractivity contribution in [2.75, 3.05) is 53.0 Å². The number of morpholine rings is 1. The van der Waals surface area contributed by atoms with E-state index in [1.807, 2.05) is 19.1 Å². The fourth-order valence-corrected chi connectivity index (χ4v) is 3.19. The molecule has 25 heavy (non-hydrogen) atoms. The zero-order chi connectivity index (χ0) is 17.8. The number of hydrogen-bond donors (Lipinski definition) is 1. The van der Waals surface area contributed by atoms with Gasteiger partial charge in [-0.25, -0.2) is 0 Å². The van der Waals surface area contributed by atoms with Crippen LogP contribution in [-0.4, -0.2) is 80.7 Å². The van der Waals surface area contributed by atoms with Crippen LogP contribution in [0.1, 0.15) is 15.9 Å². The minimum atomic E-state index is -0.405. The lowest BCUT2D eigenvalue weighted by Gasteiger charge is -2.37. The first-order chi connectivity index (χ1) is 12.1. The molecule has 1 atom stereocenters. The number of hydrogen-bond acceptors (Lipinski definition) is 5. The summed E-state index contributed by atoms with van der Waals surface area (Å²) in [5.74, 6) is 0.693. The second kappa shape index (κ2) is 7.84. The first-order valence-electron chi connectivity index (χ1n) is 8.65. The van der Waals surface area contributed by atoms with Crippen molar-refractivity contribution >= 4 is 11.8 Å². The normalized spacial score (nSPS) is 21.1. The molecule has 0 saturated carbocycles. The molecule has 7 heteroatoms. The molecule has 2 heterocycles. The molecule has 2 aliphatic heterocycles. The summed E-state index contributed by atoms with van der Waals surface area (Å²) in [6, 6.07) is 5.48. The number of nitrogens with one attached hydrogen (secondary N) is 1. The molecule has 0 bridgehead atoms. The molecule has 0 spiro atoms.